The number of nitrogens with zero attached hydrogens (tertiary/aromatic N) is 1. The Morgan fingerprint density at radius 1 is 1.32 bits per heavy atom. The number of hydrogen-bond donors (Lipinski definition) is 3. The minimum Gasteiger partial charge on any atom is -0.385 e. The summed E-state index contributed by atoms with van der Waals surface area (Å²) < 4.78 is 12.8. The lowest BCUT2D eigenvalue weighted by atomic mass is 9.95. The van der Waals surface area contributed by atoms with Crippen LogP contribution in [0.4, 0.5) is 4.39 Å². The van der Waals surface area contributed by atoms with E-state index < -0.39 is 10.6 Å². The second-order valence-corrected chi connectivity index (χ2v) is 4.33. The van der Waals surface area contributed by atoms with Gasteiger partial charge < -0.3 is 11.1 Å². The van der Waals surface area contributed by atoms with Crippen LogP contribution in [0.5, 0.6) is 0 Å². The molecule has 6 nitrogen and oxygen atoms in total. The van der Waals surface area contributed by atoms with Gasteiger partial charge in [0.1, 0.15) is 5.82 Å². The fraction of sp³-hybridized carbons (Fsp3) is 0.167. The summed E-state index contributed by atoms with van der Waals surface area (Å²) in [5.41, 5.74) is 10.7. The van der Waals surface area contributed by atoms with Crippen molar-refractivity contribution in [2.75, 3.05) is 0 Å². The van der Waals surface area contributed by atoms with Gasteiger partial charge in [-0.25, -0.2) is 4.39 Å². The topological polar surface area (TPSA) is 107 Å². The maximum atomic E-state index is 12.8. The first kappa shape index (κ1) is 13.0. The van der Waals surface area contributed by atoms with E-state index in [0.717, 1.165) is 0 Å². The molecule has 0 aliphatic carbocycles. The van der Waals surface area contributed by atoms with Gasteiger partial charge in [0.15, 0.2) is 5.66 Å². The summed E-state index contributed by atoms with van der Waals surface area (Å²) in [5.74, 6) is -0.133. The SMILES string of the molecule is NC1=CC=C([N+](=O)[O-])C(N)(Cc2ccc(F)cc2)N1. The van der Waals surface area contributed by atoms with E-state index in [1.54, 1.807) is 0 Å². The molecule has 1 aliphatic rings. The third-order valence-corrected chi connectivity index (χ3v) is 2.84. The van der Waals surface area contributed by atoms with Crippen LogP contribution in [0.1, 0.15) is 5.56 Å². The van der Waals surface area contributed by atoms with Gasteiger partial charge in [0, 0.05) is 12.5 Å². The largest absolute Gasteiger partial charge is 0.385 e. The normalized spacial score (nSPS) is 22.2. The Morgan fingerprint density at radius 3 is 2.53 bits per heavy atom. The number of rotatable bonds is 3. The van der Waals surface area contributed by atoms with Gasteiger partial charge in [0.05, 0.1) is 10.7 Å². The van der Waals surface area contributed by atoms with Crippen molar-refractivity contribution < 1.29 is 9.31 Å². The summed E-state index contributed by atoms with van der Waals surface area (Å²) in [6.45, 7) is 0. The number of nitrogens with two attached hydrogens (primary N) is 2. The standard InChI is InChI=1S/C12H13FN4O2/c13-9-3-1-8(2-4-9)7-12(15)10(17(18)19)5-6-11(14)16-12/h1-6,16H,7,14-15H2. The third-order valence-electron chi connectivity index (χ3n) is 2.84. The molecule has 0 aromatic heterocycles. The second-order valence-electron chi connectivity index (χ2n) is 4.33. The Morgan fingerprint density at radius 2 is 1.95 bits per heavy atom. The molecule has 0 amide bonds. The van der Waals surface area contributed by atoms with E-state index in [0.29, 0.717) is 5.56 Å². The lowest BCUT2D eigenvalue weighted by molar-refractivity contribution is -0.436. The summed E-state index contributed by atoms with van der Waals surface area (Å²) in [7, 11) is 0. The first-order valence-corrected chi connectivity index (χ1v) is 5.54. The molecule has 0 spiro atoms. The Balaban J connectivity index is 2.30. The van der Waals surface area contributed by atoms with E-state index in [1.807, 2.05) is 0 Å². The quantitative estimate of drug-likeness (QED) is 0.547. The maximum absolute atomic E-state index is 12.8. The Labute approximate surface area is 108 Å². The van der Waals surface area contributed by atoms with Gasteiger partial charge in [-0.15, -0.1) is 0 Å². The summed E-state index contributed by atoms with van der Waals surface area (Å²) in [5, 5.41) is 13.7. The molecule has 0 radical (unpaired) electrons. The molecular formula is C12H13FN4O2. The molecule has 2 rings (SSSR count). The molecule has 0 saturated carbocycles. The number of nitrogens with one attached hydrogen (secondary N) is 1. The second kappa shape index (κ2) is 4.69. The number of benzene rings is 1. The van der Waals surface area contributed by atoms with Crippen molar-refractivity contribution in [3.63, 3.8) is 0 Å². The molecule has 1 aromatic carbocycles. The minimum atomic E-state index is -1.42. The van der Waals surface area contributed by atoms with Crippen molar-refractivity contribution in [2.24, 2.45) is 11.5 Å². The molecule has 1 aliphatic heterocycles. The number of hydrogen-bond acceptors (Lipinski definition) is 5. The Hall–Kier alpha value is -2.41. The molecule has 1 heterocycles. The number of allylic oxidation sites excluding steroid dienone is 2. The number of dihydropyridines is 1. The summed E-state index contributed by atoms with van der Waals surface area (Å²) in [4.78, 5) is 10.5. The molecule has 5 N–H and O–H groups in total. The molecule has 1 atom stereocenters. The van der Waals surface area contributed by atoms with Crippen molar-refractivity contribution in [2.45, 2.75) is 12.1 Å². The Kier molecular flexibility index (Phi) is 3.22. The van der Waals surface area contributed by atoms with E-state index in [-0.39, 0.29) is 23.8 Å². The molecule has 0 bridgehead atoms. The van der Waals surface area contributed by atoms with Crippen LogP contribution in [0, 0.1) is 15.9 Å². The van der Waals surface area contributed by atoms with Gasteiger partial charge in [-0.3, -0.25) is 15.8 Å². The molecule has 0 fully saturated rings. The van der Waals surface area contributed by atoms with Gasteiger partial charge in [0.25, 0.3) is 5.70 Å². The fourth-order valence-corrected chi connectivity index (χ4v) is 1.96. The monoisotopic (exact) mass is 264 g/mol. The van der Waals surface area contributed by atoms with Gasteiger partial charge in [-0.05, 0) is 23.8 Å². The highest BCUT2D eigenvalue weighted by molar-refractivity contribution is 5.30. The molecule has 1 aromatic rings. The lowest BCUT2D eigenvalue weighted by Gasteiger charge is -2.30. The molecule has 100 valence electrons. The van der Waals surface area contributed by atoms with Crippen LogP contribution < -0.4 is 16.8 Å². The van der Waals surface area contributed by atoms with Gasteiger partial charge in [0.2, 0.25) is 0 Å². The van der Waals surface area contributed by atoms with E-state index in [2.05, 4.69) is 5.32 Å². The molecular weight excluding hydrogens is 251 g/mol. The molecule has 19 heavy (non-hydrogen) atoms. The maximum Gasteiger partial charge on any atom is 0.286 e. The highest BCUT2D eigenvalue weighted by Crippen LogP contribution is 2.22. The van der Waals surface area contributed by atoms with Crippen molar-refractivity contribution >= 4 is 0 Å². The number of halogens is 1. The van der Waals surface area contributed by atoms with Gasteiger partial charge in [-0.2, -0.15) is 0 Å². The predicted octanol–water partition coefficient (Wildman–Crippen LogP) is 0.587. The average molecular weight is 264 g/mol. The Bertz CT molecular complexity index is 568. The summed E-state index contributed by atoms with van der Waals surface area (Å²) in [6.07, 6.45) is 2.78. The molecule has 0 saturated heterocycles. The van der Waals surface area contributed by atoms with Crippen molar-refractivity contribution in [1.82, 2.24) is 5.32 Å². The zero-order chi connectivity index (χ0) is 14.0. The fourth-order valence-electron chi connectivity index (χ4n) is 1.96. The average Bonchev–Trinajstić information content (AvgIpc) is 2.31. The van der Waals surface area contributed by atoms with Crippen molar-refractivity contribution in [1.29, 1.82) is 0 Å². The van der Waals surface area contributed by atoms with E-state index in [9.17, 15) is 14.5 Å². The van der Waals surface area contributed by atoms with Crippen molar-refractivity contribution in [3.05, 3.63) is 69.4 Å². The smallest absolute Gasteiger partial charge is 0.286 e. The first-order valence-electron chi connectivity index (χ1n) is 5.54. The summed E-state index contributed by atoms with van der Waals surface area (Å²) >= 11 is 0. The first-order chi connectivity index (χ1) is 8.90. The van der Waals surface area contributed by atoms with Crippen LogP contribution in [0.25, 0.3) is 0 Å². The number of nitro groups is 1. The van der Waals surface area contributed by atoms with Crippen LogP contribution >= 0.6 is 0 Å². The minimum absolute atomic E-state index is 0.120. The van der Waals surface area contributed by atoms with Crippen LogP contribution in [0.2, 0.25) is 0 Å². The zero-order valence-electron chi connectivity index (χ0n) is 9.97. The van der Waals surface area contributed by atoms with Crippen LogP contribution in [0.3, 0.4) is 0 Å². The highest BCUT2D eigenvalue weighted by atomic mass is 19.1. The third kappa shape index (κ3) is 2.71. The molecule has 7 heteroatoms. The zero-order valence-corrected chi connectivity index (χ0v) is 9.97. The van der Waals surface area contributed by atoms with E-state index in [1.165, 1.54) is 36.4 Å². The highest BCUT2D eigenvalue weighted by Gasteiger charge is 2.40. The predicted molar refractivity (Wildman–Crippen MR) is 67.5 cm³/mol. The summed E-state index contributed by atoms with van der Waals surface area (Å²) in [6, 6.07) is 5.60. The lowest BCUT2D eigenvalue weighted by Crippen LogP contribution is -2.59. The van der Waals surface area contributed by atoms with Crippen LogP contribution in [-0.2, 0) is 6.42 Å². The molecule has 1 unspecified atom stereocenters. The van der Waals surface area contributed by atoms with Crippen LogP contribution in [-0.4, -0.2) is 10.6 Å². The van der Waals surface area contributed by atoms with Gasteiger partial charge >= 0.3 is 0 Å². The van der Waals surface area contributed by atoms with Crippen molar-refractivity contribution in [3.8, 4) is 0 Å². The van der Waals surface area contributed by atoms with Gasteiger partial charge in [-0.1, -0.05) is 12.1 Å². The van der Waals surface area contributed by atoms with Crippen LogP contribution in [0.15, 0.2) is 47.9 Å². The van der Waals surface area contributed by atoms with E-state index >= 15 is 0 Å². The van der Waals surface area contributed by atoms with E-state index in [4.69, 9.17) is 11.5 Å².